The lowest BCUT2D eigenvalue weighted by molar-refractivity contribution is -0.274. The molecule has 1 fully saturated rings. The van der Waals surface area contributed by atoms with Crippen LogP contribution in [0.5, 0.6) is 5.75 Å². The van der Waals surface area contributed by atoms with Gasteiger partial charge in [-0.15, -0.1) is 13.2 Å². The van der Waals surface area contributed by atoms with E-state index < -0.39 is 22.1 Å². The third kappa shape index (κ3) is 3.43. The average molecular weight is 309 g/mol. The molecule has 0 unspecified atom stereocenters. The second-order valence-electron chi connectivity index (χ2n) is 4.78. The van der Waals surface area contributed by atoms with Crippen molar-refractivity contribution in [2.24, 2.45) is 5.92 Å². The van der Waals surface area contributed by atoms with Gasteiger partial charge in [-0.25, -0.2) is 8.42 Å². The zero-order chi connectivity index (χ0) is 15.0. The topological polar surface area (TPSA) is 46.6 Å². The zero-order valence-electron chi connectivity index (χ0n) is 10.7. The Hall–Kier alpha value is -1.28. The Morgan fingerprint density at radius 3 is 2.30 bits per heavy atom. The van der Waals surface area contributed by atoms with E-state index >= 15 is 0 Å². The van der Waals surface area contributed by atoms with Crippen LogP contribution in [-0.4, -0.2) is 32.2 Å². The van der Waals surface area contributed by atoms with Crippen molar-refractivity contribution in [3.63, 3.8) is 0 Å². The van der Waals surface area contributed by atoms with Gasteiger partial charge >= 0.3 is 6.36 Å². The lowest BCUT2D eigenvalue weighted by atomic mass is 10.2. The highest BCUT2D eigenvalue weighted by molar-refractivity contribution is 7.89. The average Bonchev–Trinajstić information content (AvgIpc) is 2.75. The lowest BCUT2D eigenvalue weighted by Crippen LogP contribution is -2.28. The summed E-state index contributed by atoms with van der Waals surface area (Å²) in [5.41, 5.74) is 0. The monoisotopic (exact) mass is 309 g/mol. The standard InChI is InChI=1S/C12H14F3NO3S/c1-9-6-7-16(8-9)20(17,18)11-4-2-10(3-5-11)19-12(13,14)15/h2-5,9H,6-8H2,1H3/t9-/m0/s1. The van der Waals surface area contributed by atoms with E-state index in [-0.39, 0.29) is 10.8 Å². The van der Waals surface area contributed by atoms with Crippen LogP contribution in [0.2, 0.25) is 0 Å². The van der Waals surface area contributed by atoms with Crippen molar-refractivity contribution >= 4 is 10.0 Å². The molecule has 1 atom stereocenters. The SMILES string of the molecule is C[C@H]1CCN(S(=O)(=O)c2ccc(OC(F)(F)F)cc2)C1. The molecular formula is C12H14F3NO3S. The largest absolute Gasteiger partial charge is 0.573 e. The van der Waals surface area contributed by atoms with Crippen molar-refractivity contribution in [3.8, 4) is 5.75 Å². The molecule has 1 saturated heterocycles. The van der Waals surface area contributed by atoms with Crippen molar-refractivity contribution in [2.45, 2.75) is 24.6 Å². The van der Waals surface area contributed by atoms with Gasteiger partial charge in [-0.2, -0.15) is 4.31 Å². The van der Waals surface area contributed by atoms with Gasteiger partial charge in [0.15, 0.2) is 0 Å². The van der Waals surface area contributed by atoms with Crippen LogP contribution in [0.3, 0.4) is 0 Å². The summed E-state index contributed by atoms with van der Waals surface area (Å²) in [6, 6.07) is 4.25. The summed E-state index contributed by atoms with van der Waals surface area (Å²) in [7, 11) is -3.64. The molecule has 1 aliphatic heterocycles. The van der Waals surface area contributed by atoms with Gasteiger partial charge in [0.05, 0.1) is 4.90 Å². The number of alkyl halides is 3. The Balaban J connectivity index is 2.17. The summed E-state index contributed by atoms with van der Waals surface area (Å²) < 4.78 is 65.6. The summed E-state index contributed by atoms with van der Waals surface area (Å²) in [5, 5.41) is 0. The predicted molar refractivity (Wildman–Crippen MR) is 65.7 cm³/mol. The minimum absolute atomic E-state index is 0.0267. The van der Waals surface area contributed by atoms with E-state index in [2.05, 4.69) is 4.74 Å². The van der Waals surface area contributed by atoms with E-state index in [4.69, 9.17) is 0 Å². The molecule has 1 aromatic rings. The second kappa shape index (κ2) is 5.25. The van der Waals surface area contributed by atoms with Gasteiger partial charge in [-0.3, -0.25) is 0 Å². The van der Waals surface area contributed by atoms with E-state index in [1.54, 1.807) is 0 Å². The number of benzene rings is 1. The first-order chi connectivity index (χ1) is 9.18. The van der Waals surface area contributed by atoms with Crippen molar-refractivity contribution < 1.29 is 26.3 Å². The normalized spacial score (nSPS) is 21.1. The molecule has 8 heteroatoms. The van der Waals surface area contributed by atoms with Crippen LogP contribution in [0, 0.1) is 5.92 Å². The minimum Gasteiger partial charge on any atom is -0.406 e. The van der Waals surface area contributed by atoms with Gasteiger partial charge in [0, 0.05) is 13.1 Å². The molecule has 0 spiro atoms. The van der Waals surface area contributed by atoms with Gasteiger partial charge in [0.25, 0.3) is 0 Å². The van der Waals surface area contributed by atoms with Crippen LogP contribution in [0.15, 0.2) is 29.2 Å². The van der Waals surface area contributed by atoms with E-state index in [0.29, 0.717) is 13.1 Å². The maximum absolute atomic E-state index is 12.2. The first-order valence-corrected chi connectivity index (χ1v) is 7.48. The Morgan fingerprint density at radius 1 is 1.25 bits per heavy atom. The van der Waals surface area contributed by atoms with E-state index in [0.717, 1.165) is 30.7 Å². The van der Waals surface area contributed by atoms with Gasteiger partial charge in [-0.1, -0.05) is 6.92 Å². The molecule has 0 N–H and O–H groups in total. The molecule has 0 saturated carbocycles. The van der Waals surface area contributed by atoms with Crippen LogP contribution in [0.25, 0.3) is 0 Å². The maximum Gasteiger partial charge on any atom is 0.573 e. The third-order valence-corrected chi connectivity index (χ3v) is 4.96. The molecule has 0 aliphatic carbocycles. The van der Waals surface area contributed by atoms with E-state index in [9.17, 15) is 21.6 Å². The van der Waals surface area contributed by atoms with Crippen LogP contribution < -0.4 is 4.74 Å². The molecule has 1 heterocycles. The summed E-state index contributed by atoms with van der Waals surface area (Å²) in [6.07, 6.45) is -4.00. The first kappa shape index (κ1) is 15.1. The molecule has 1 aromatic carbocycles. The minimum atomic E-state index is -4.79. The third-order valence-electron chi connectivity index (χ3n) is 3.08. The fourth-order valence-corrected chi connectivity index (χ4v) is 3.65. The molecular weight excluding hydrogens is 295 g/mol. The molecule has 1 aliphatic rings. The molecule has 2 rings (SSSR count). The zero-order valence-corrected chi connectivity index (χ0v) is 11.5. The second-order valence-corrected chi connectivity index (χ2v) is 6.71. The molecule has 112 valence electrons. The number of ether oxygens (including phenoxy) is 1. The Labute approximate surface area is 115 Å². The highest BCUT2D eigenvalue weighted by Crippen LogP contribution is 2.27. The quantitative estimate of drug-likeness (QED) is 0.862. The summed E-state index contributed by atoms with van der Waals surface area (Å²) in [6.45, 7) is 2.82. The van der Waals surface area contributed by atoms with Crippen LogP contribution in [0.4, 0.5) is 13.2 Å². The van der Waals surface area contributed by atoms with Gasteiger partial charge in [0.1, 0.15) is 5.75 Å². The Bertz CT molecular complexity index is 569. The molecule has 0 radical (unpaired) electrons. The van der Waals surface area contributed by atoms with Gasteiger partial charge < -0.3 is 4.74 Å². The van der Waals surface area contributed by atoms with E-state index in [1.165, 1.54) is 4.31 Å². The number of rotatable bonds is 3. The Morgan fingerprint density at radius 2 is 1.85 bits per heavy atom. The fraction of sp³-hybridized carbons (Fsp3) is 0.500. The van der Waals surface area contributed by atoms with Crippen molar-refractivity contribution in [2.75, 3.05) is 13.1 Å². The number of nitrogens with zero attached hydrogens (tertiary/aromatic N) is 1. The highest BCUT2D eigenvalue weighted by Gasteiger charge is 2.32. The van der Waals surface area contributed by atoms with Crippen molar-refractivity contribution in [1.82, 2.24) is 4.31 Å². The van der Waals surface area contributed by atoms with Crippen LogP contribution >= 0.6 is 0 Å². The smallest absolute Gasteiger partial charge is 0.406 e. The van der Waals surface area contributed by atoms with Crippen molar-refractivity contribution in [3.05, 3.63) is 24.3 Å². The van der Waals surface area contributed by atoms with Crippen LogP contribution in [-0.2, 0) is 10.0 Å². The molecule has 4 nitrogen and oxygen atoms in total. The number of sulfonamides is 1. The Kier molecular flexibility index (Phi) is 3.97. The van der Waals surface area contributed by atoms with Crippen molar-refractivity contribution in [1.29, 1.82) is 0 Å². The van der Waals surface area contributed by atoms with Gasteiger partial charge in [0.2, 0.25) is 10.0 Å². The number of halogens is 3. The molecule has 0 bridgehead atoms. The number of hydrogen-bond donors (Lipinski definition) is 0. The van der Waals surface area contributed by atoms with Gasteiger partial charge in [-0.05, 0) is 36.6 Å². The summed E-state index contributed by atoms with van der Waals surface area (Å²) >= 11 is 0. The molecule has 0 aromatic heterocycles. The van der Waals surface area contributed by atoms with Crippen LogP contribution in [0.1, 0.15) is 13.3 Å². The molecule has 20 heavy (non-hydrogen) atoms. The highest BCUT2D eigenvalue weighted by atomic mass is 32.2. The molecule has 0 amide bonds. The summed E-state index contributed by atoms with van der Waals surface area (Å²) in [5.74, 6) is -0.149. The predicted octanol–water partition coefficient (Wildman–Crippen LogP) is 2.62. The first-order valence-electron chi connectivity index (χ1n) is 6.04. The van der Waals surface area contributed by atoms with E-state index in [1.807, 2.05) is 6.92 Å². The lowest BCUT2D eigenvalue weighted by Gasteiger charge is -2.16. The fourth-order valence-electron chi connectivity index (χ4n) is 2.08. The maximum atomic E-state index is 12.2. The summed E-state index contributed by atoms with van der Waals surface area (Å²) in [4.78, 5) is -0.0267. The number of hydrogen-bond acceptors (Lipinski definition) is 3.